The van der Waals surface area contributed by atoms with Crippen LogP contribution in [0.3, 0.4) is 0 Å². The predicted octanol–water partition coefficient (Wildman–Crippen LogP) is -2.18. The van der Waals surface area contributed by atoms with E-state index in [9.17, 15) is 0 Å². The second-order valence-corrected chi connectivity index (χ2v) is 8.54. The molecule has 0 spiro atoms. The fourth-order valence-electron chi connectivity index (χ4n) is 4.18. The van der Waals surface area contributed by atoms with Crippen LogP contribution in [0.15, 0.2) is 100.0 Å². The molecule has 0 aromatic heterocycles. The molecule has 0 saturated carbocycles. The van der Waals surface area contributed by atoms with Crippen LogP contribution in [0.5, 0.6) is 0 Å². The molecular formula is C27H25Cl3Ti. The van der Waals surface area contributed by atoms with E-state index in [1.165, 1.54) is 37.3 Å². The van der Waals surface area contributed by atoms with Gasteiger partial charge in [0.15, 0.2) is 0 Å². The van der Waals surface area contributed by atoms with Crippen molar-refractivity contribution >= 4 is 0 Å². The van der Waals surface area contributed by atoms with Crippen LogP contribution in [-0.2, 0) is 26.9 Å². The number of aryl methyl sites for hydroxylation is 2. The van der Waals surface area contributed by atoms with Gasteiger partial charge in [-0.15, -0.1) is 0 Å². The normalized spacial score (nSPS) is 12.6. The van der Waals surface area contributed by atoms with Gasteiger partial charge in [-0.3, -0.25) is 0 Å². The molecule has 3 aromatic carbocycles. The Morgan fingerprint density at radius 2 is 1.29 bits per heavy atom. The summed E-state index contributed by atoms with van der Waals surface area (Å²) in [6.07, 6.45) is 4.50. The Balaban J connectivity index is 0.00000160. The summed E-state index contributed by atoms with van der Waals surface area (Å²) in [6.45, 7) is 4.37. The first-order valence-corrected chi connectivity index (χ1v) is 10.7. The van der Waals surface area contributed by atoms with Crippen LogP contribution in [-0.4, -0.2) is 0 Å². The molecular weight excluding hydrogens is 479 g/mol. The standard InChI is InChI=1S/C27H25.3ClH.Ti/c1-20-8-6-12-24(16-20)27(25-13-7-9-21(2)17-25)26-15-14-23(19-26)18-22-10-4-3-5-11-22;;;;/h3-14,16-17,27H,15,18H2,1-2H3;3*1H;/q;;;;+3/p-3. The molecule has 1 aliphatic carbocycles. The zero-order valence-electron chi connectivity index (χ0n) is 17.7. The van der Waals surface area contributed by atoms with Crippen molar-refractivity contribution in [1.29, 1.82) is 0 Å². The quantitative estimate of drug-likeness (QED) is 0.348. The molecule has 0 radical (unpaired) electrons. The van der Waals surface area contributed by atoms with E-state index in [-0.39, 0.29) is 37.2 Å². The van der Waals surface area contributed by atoms with Gasteiger partial charge in [-0.05, 0) is 0 Å². The van der Waals surface area contributed by atoms with E-state index in [1.807, 2.05) is 0 Å². The second-order valence-electron chi connectivity index (χ2n) is 7.76. The van der Waals surface area contributed by atoms with Crippen LogP contribution in [0.25, 0.3) is 0 Å². The van der Waals surface area contributed by atoms with Gasteiger partial charge in [0.05, 0.1) is 0 Å². The second kappa shape index (κ2) is 12.7. The van der Waals surface area contributed by atoms with Gasteiger partial charge in [0.1, 0.15) is 0 Å². The smallest absolute Gasteiger partial charge is 1.00 e. The van der Waals surface area contributed by atoms with Crippen LogP contribution < -0.4 is 37.2 Å². The van der Waals surface area contributed by atoms with Gasteiger partial charge in [0.2, 0.25) is 0 Å². The Hall–Kier alpha value is -1.28. The molecule has 0 nitrogen and oxygen atoms in total. The van der Waals surface area contributed by atoms with E-state index in [1.54, 1.807) is 5.57 Å². The summed E-state index contributed by atoms with van der Waals surface area (Å²) < 4.78 is 1.47. The van der Waals surface area contributed by atoms with Gasteiger partial charge >= 0.3 is 181 Å². The monoisotopic (exact) mass is 502 g/mol. The third-order valence-corrected chi connectivity index (χ3v) is 6.55. The first-order chi connectivity index (χ1) is 13.6. The topological polar surface area (TPSA) is 0 Å². The molecule has 0 heterocycles. The number of hydrogen-bond acceptors (Lipinski definition) is 0. The summed E-state index contributed by atoms with van der Waals surface area (Å²) in [4.78, 5) is 0. The number of rotatable bonds is 5. The van der Waals surface area contributed by atoms with Crippen molar-refractivity contribution in [2.24, 2.45) is 0 Å². The third kappa shape index (κ3) is 6.61. The summed E-state index contributed by atoms with van der Waals surface area (Å²) in [5, 5.41) is 0. The third-order valence-electron chi connectivity index (χ3n) is 5.55. The zero-order valence-corrected chi connectivity index (χ0v) is 21.5. The molecule has 0 aliphatic heterocycles. The first kappa shape index (κ1) is 27.8. The molecule has 0 unspecified atom stereocenters. The molecule has 4 rings (SSSR count). The van der Waals surface area contributed by atoms with Crippen molar-refractivity contribution in [2.75, 3.05) is 0 Å². The van der Waals surface area contributed by atoms with E-state index in [4.69, 9.17) is 0 Å². The van der Waals surface area contributed by atoms with Crippen LogP contribution in [0.1, 0.15) is 40.2 Å². The maximum absolute atomic E-state index is 2.44. The molecule has 158 valence electrons. The SMILES string of the molecule is Cc1cccc(C(C2=[C]([Ti+3])C(Cc3ccccc3)=CC2)c2cccc(C)c2)c1.[Cl-].[Cl-].[Cl-]. The van der Waals surface area contributed by atoms with Gasteiger partial charge in [-0.1, -0.05) is 0 Å². The fraction of sp³-hybridized carbons (Fsp3) is 0.185. The molecule has 3 aromatic rings. The van der Waals surface area contributed by atoms with Gasteiger partial charge in [0, 0.05) is 0 Å². The fourth-order valence-corrected chi connectivity index (χ4v) is 4.86. The minimum Gasteiger partial charge on any atom is -1.00 e. The molecule has 0 fully saturated rings. The molecule has 1 aliphatic rings. The van der Waals surface area contributed by atoms with Crippen LogP contribution in [0.4, 0.5) is 0 Å². The maximum atomic E-state index is 2.44. The van der Waals surface area contributed by atoms with E-state index in [2.05, 4.69) is 119 Å². The van der Waals surface area contributed by atoms with Crippen molar-refractivity contribution in [3.63, 3.8) is 0 Å². The number of allylic oxidation sites excluding steroid dienone is 4. The van der Waals surface area contributed by atoms with Crippen molar-refractivity contribution < 1.29 is 57.7 Å². The van der Waals surface area contributed by atoms with Crippen LogP contribution in [0, 0.1) is 13.8 Å². The van der Waals surface area contributed by atoms with Crippen molar-refractivity contribution in [3.05, 3.63) is 128 Å². The van der Waals surface area contributed by atoms with Crippen molar-refractivity contribution in [2.45, 2.75) is 32.6 Å². The summed E-state index contributed by atoms with van der Waals surface area (Å²) in [6, 6.07) is 28.8. The summed E-state index contributed by atoms with van der Waals surface area (Å²) >= 11 is 2.32. The molecule has 4 heteroatoms. The Labute approximate surface area is 216 Å². The van der Waals surface area contributed by atoms with Crippen LogP contribution >= 0.6 is 0 Å². The first-order valence-electron chi connectivity index (χ1n) is 9.93. The van der Waals surface area contributed by atoms with Gasteiger partial charge in [-0.25, -0.2) is 0 Å². The number of hydrogen-bond donors (Lipinski definition) is 0. The van der Waals surface area contributed by atoms with Crippen LogP contribution in [0.2, 0.25) is 0 Å². The maximum Gasteiger partial charge on any atom is -1.00 e. The Morgan fingerprint density at radius 3 is 1.81 bits per heavy atom. The molecule has 31 heavy (non-hydrogen) atoms. The Kier molecular flexibility index (Phi) is 11.4. The van der Waals surface area contributed by atoms with Gasteiger partial charge in [0.25, 0.3) is 0 Å². The molecule has 0 amide bonds. The molecule has 0 saturated heterocycles. The average Bonchev–Trinajstić information content (AvgIpc) is 3.04. The largest absolute Gasteiger partial charge is 1.00 e. The predicted molar refractivity (Wildman–Crippen MR) is 114 cm³/mol. The van der Waals surface area contributed by atoms with E-state index < -0.39 is 0 Å². The van der Waals surface area contributed by atoms with Gasteiger partial charge in [-0.2, -0.15) is 0 Å². The van der Waals surface area contributed by atoms with E-state index in [0.717, 1.165) is 12.8 Å². The number of benzene rings is 3. The minimum atomic E-state index is 0. The summed E-state index contributed by atoms with van der Waals surface area (Å²) in [7, 11) is 0. The van der Waals surface area contributed by atoms with E-state index >= 15 is 0 Å². The van der Waals surface area contributed by atoms with Crippen molar-refractivity contribution in [1.82, 2.24) is 0 Å². The molecule has 0 bridgehead atoms. The van der Waals surface area contributed by atoms with Crippen molar-refractivity contribution in [3.8, 4) is 0 Å². The Morgan fingerprint density at radius 1 is 0.742 bits per heavy atom. The van der Waals surface area contributed by atoms with E-state index in [0.29, 0.717) is 5.92 Å². The summed E-state index contributed by atoms with van der Waals surface area (Å²) in [5.41, 5.74) is 9.85. The Bertz CT molecular complexity index is 1010. The summed E-state index contributed by atoms with van der Waals surface area (Å²) in [5.74, 6) is 0.323. The average molecular weight is 504 g/mol. The van der Waals surface area contributed by atoms with Gasteiger partial charge < -0.3 is 37.2 Å². The molecule has 0 atom stereocenters. The zero-order chi connectivity index (χ0) is 19.5. The number of halogens is 3. The minimum absolute atomic E-state index is 0. The molecule has 0 N–H and O–H groups in total.